The molecule has 0 spiro atoms. The summed E-state index contributed by atoms with van der Waals surface area (Å²) in [5, 5.41) is 0.747. The Labute approximate surface area is 152 Å². The highest BCUT2D eigenvalue weighted by atomic mass is 32.2. The standard InChI is InChI=1S/C20H19NO4S/c22-20(18-13-25-19-9-5-4-8-17(18)19)21(12-15-6-2-1-3-7-15)16-10-11-26(23,24)14-16/h1-9,13,16H,10-12,14H2. The third-order valence-corrected chi connectivity index (χ3v) is 6.57. The van der Waals surface area contributed by atoms with Gasteiger partial charge in [0.05, 0.1) is 17.1 Å². The fourth-order valence-corrected chi connectivity index (χ4v) is 5.20. The van der Waals surface area contributed by atoms with E-state index in [9.17, 15) is 13.2 Å². The minimum absolute atomic E-state index is 0.0152. The zero-order valence-corrected chi connectivity index (χ0v) is 15.0. The van der Waals surface area contributed by atoms with Crippen molar-refractivity contribution in [3.05, 3.63) is 72.0 Å². The van der Waals surface area contributed by atoms with Crippen molar-refractivity contribution in [1.29, 1.82) is 0 Å². The number of carbonyl (C=O) groups is 1. The Hall–Kier alpha value is -2.60. The van der Waals surface area contributed by atoms with Gasteiger partial charge in [-0.3, -0.25) is 4.79 Å². The van der Waals surface area contributed by atoms with Crippen LogP contribution in [-0.4, -0.2) is 36.8 Å². The summed E-state index contributed by atoms with van der Waals surface area (Å²) < 4.78 is 29.4. The predicted octanol–water partition coefficient (Wildman–Crippen LogP) is 3.26. The van der Waals surface area contributed by atoms with Gasteiger partial charge in [-0.2, -0.15) is 0 Å². The van der Waals surface area contributed by atoms with Crippen molar-refractivity contribution < 1.29 is 17.6 Å². The van der Waals surface area contributed by atoms with Crippen LogP contribution in [0.15, 0.2) is 65.3 Å². The van der Waals surface area contributed by atoms with Crippen molar-refractivity contribution in [2.24, 2.45) is 0 Å². The number of sulfone groups is 1. The highest BCUT2D eigenvalue weighted by Crippen LogP contribution is 2.26. The van der Waals surface area contributed by atoms with E-state index in [2.05, 4.69) is 0 Å². The second kappa shape index (κ2) is 6.61. The first-order chi connectivity index (χ1) is 12.5. The number of hydrogen-bond acceptors (Lipinski definition) is 4. The Morgan fingerprint density at radius 3 is 2.54 bits per heavy atom. The number of fused-ring (bicyclic) bond motifs is 1. The second-order valence-corrected chi connectivity index (χ2v) is 8.85. The van der Waals surface area contributed by atoms with E-state index in [1.807, 2.05) is 54.6 Å². The molecule has 0 saturated carbocycles. The van der Waals surface area contributed by atoms with E-state index >= 15 is 0 Å². The molecule has 1 unspecified atom stereocenters. The number of hydrogen-bond donors (Lipinski definition) is 0. The quantitative estimate of drug-likeness (QED) is 0.708. The van der Waals surface area contributed by atoms with Gasteiger partial charge in [-0.05, 0) is 18.1 Å². The molecule has 1 atom stereocenters. The third-order valence-electron chi connectivity index (χ3n) is 4.82. The first-order valence-electron chi connectivity index (χ1n) is 8.55. The smallest absolute Gasteiger partial charge is 0.258 e. The monoisotopic (exact) mass is 369 g/mol. The van der Waals surface area contributed by atoms with Crippen molar-refractivity contribution >= 4 is 26.7 Å². The molecule has 0 bridgehead atoms. The Morgan fingerprint density at radius 2 is 1.81 bits per heavy atom. The molecule has 26 heavy (non-hydrogen) atoms. The van der Waals surface area contributed by atoms with Crippen molar-refractivity contribution in [3.63, 3.8) is 0 Å². The average Bonchev–Trinajstić information content (AvgIpc) is 3.23. The number of benzene rings is 2. The molecule has 2 heterocycles. The zero-order chi connectivity index (χ0) is 18.1. The molecule has 3 aromatic rings. The molecule has 1 aromatic heterocycles. The third kappa shape index (κ3) is 3.24. The number of nitrogens with zero attached hydrogens (tertiary/aromatic N) is 1. The van der Waals surface area contributed by atoms with E-state index in [0.29, 0.717) is 24.1 Å². The summed E-state index contributed by atoms with van der Waals surface area (Å²) in [6, 6.07) is 16.7. The van der Waals surface area contributed by atoms with E-state index in [-0.39, 0.29) is 23.5 Å². The fraction of sp³-hybridized carbons (Fsp3) is 0.250. The minimum atomic E-state index is -3.09. The van der Waals surface area contributed by atoms with E-state index in [1.165, 1.54) is 6.26 Å². The van der Waals surface area contributed by atoms with Crippen molar-refractivity contribution in [2.45, 2.75) is 19.0 Å². The zero-order valence-electron chi connectivity index (χ0n) is 14.2. The summed E-state index contributed by atoms with van der Waals surface area (Å²) in [5.41, 5.74) is 2.09. The van der Waals surface area contributed by atoms with Crippen LogP contribution in [0.5, 0.6) is 0 Å². The maximum atomic E-state index is 13.3. The van der Waals surface area contributed by atoms with Crippen LogP contribution >= 0.6 is 0 Å². The largest absolute Gasteiger partial charge is 0.463 e. The summed E-state index contributed by atoms with van der Waals surface area (Å²) in [5.74, 6) is -0.0510. The van der Waals surface area contributed by atoms with Gasteiger partial charge in [0.15, 0.2) is 9.84 Å². The first kappa shape index (κ1) is 16.8. The molecule has 1 aliphatic rings. The van der Waals surface area contributed by atoms with Gasteiger partial charge in [0.1, 0.15) is 11.8 Å². The topological polar surface area (TPSA) is 67.6 Å². The molecule has 4 rings (SSSR count). The first-order valence-corrected chi connectivity index (χ1v) is 10.4. The molecule has 0 N–H and O–H groups in total. The Morgan fingerprint density at radius 1 is 1.08 bits per heavy atom. The van der Waals surface area contributed by atoms with Crippen LogP contribution in [0, 0.1) is 0 Å². The molecule has 1 aliphatic heterocycles. The van der Waals surface area contributed by atoms with E-state index < -0.39 is 9.84 Å². The number of carbonyl (C=O) groups excluding carboxylic acids is 1. The van der Waals surface area contributed by atoms with Crippen LogP contribution in [0.2, 0.25) is 0 Å². The van der Waals surface area contributed by atoms with E-state index in [4.69, 9.17) is 4.42 Å². The molecular weight excluding hydrogens is 350 g/mol. The van der Waals surface area contributed by atoms with Crippen LogP contribution < -0.4 is 0 Å². The van der Waals surface area contributed by atoms with Gasteiger partial charge in [0.2, 0.25) is 0 Å². The van der Waals surface area contributed by atoms with Gasteiger partial charge < -0.3 is 9.32 Å². The molecule has 6 heteroatoms. The molecule has 2 aromatic carbocycles. The number of para-hydroxylation sites is 1. The van der Waals surface area contributed by atoms with E-state index in [0.717, 1.165) is 10.9 Å². The molecule has 5 nitrogen and oxygen atoms in total. The minimum Gasteiger partial charge on any atom is -0.463 e. The van der Waals surface area contributed by atoms with Gasteiger partial charge >= 0.3 is 0 Å². The summed E-state index contributed by atoms with van der Waals surface area (Å²) in [6.07, 6.45) is 1.94. The molecule has 134 valence electrons. The Kier molecular flexibility index (Phi) is 4.28. The van der Waals surface area contributed by atoms with E-state index in [1.54, 1.807) is 4.90 Å². The molecule has 1 amide bonds. The van der Waals surface area contributed by atoms with Crippen LogP contribution in [-0.2, 0) is 16.4 Å². The second-order valence-electron chi connectivity index (χ2n) is 6.62. The van der Waals surface area contributed by atoms with Gasteiger partial charge in [0, 0.05) is 18.0 Å². The predicted molar refractivity (Wildman–Crippen MR) is 99.6 cm³/mol. The normalized spacial score (nSPS) is 18.8. The average molecular weight is 369 g/mol. The number of rotatable bonds is 4. The molecule has 1 fully saturated rings. The fourth-order valence-electron chi connectivity index (χ4n) is 3.47. The molecule has 0 aliphatic carbocycles. The summed E-state index contributed by atoms with van der Waals surface area (Å²) >= 11 is 0. The number of furan rings is 1. The van der Waals surface area contributed by atoms with Gasteiger partial charge in [-0.25, -0.2) is 8.42 Å². The van der Waals surface area contributed by atoms with Crippen molar-refractivity contribution in [1.82, 2.24) is 4.90 Å². The Balaban J connectivity index is 1.71. The maximum Gasteiger partial charge on any atom is 0.258 e. The summed E-state index contributed by atoms with van der Waals surface area (Å²) in [6.45, 7) is 0.374. The van der Waals surface area contributed by atoms with Crippen molar-refractivity contribution in [3.8, 4) is 0 Å². The molecule has 0 radical (unpaired) electrons. The molecule has 1 saturated heterocycles. The number of amides is 1. The highest BCUT2D eigenvalue weighted by molar-refractivity contribution is 7.91. The van der Waals surface area contributed by atoms with Crippen molar-refractivity contribution in [2.75, 3.05) is 11.5 Å². The van der Waals surface area contributed by atoms with Gasteiger partial charge in [-0.1, -0.05) is 48.5 Å². The lowest BCUT2D eigenvalue weighted by atomic mass is 10.1. The maximum absolute atomic E-state index is 13.3. The van der Waals surface area contributed by atoms with Crippen LogP contribution in [0.4, 0.5) is 0 Å². The SMILES string of the molecule is O=C(c1coc2ccccc12)N(Cc1ccccc1)C1CCS(=O)(=O)C1. The van der Waals surface area contributed by atoms with Crippen LogP contribution in [0.25, 0.3) is 11.0 Å². The molecular formula is C20H19NO4S. The lowest BCUT2D eigenvalue weighted by molar-refractivity contribution is 0.0682. The highest BCUT2D eigenvalue weighted by Gasteiger charge is 2.35. The van der Waals surface area contributed by atoms with Crippen LogP contribution in [0.3, 0.4) is 0 Å². The lowest BCUT2D eigenvalue weighted by Crippen LogP contribution is -2.40. The lowest BCUT2D eigenvalue weighted by Gasteiger charge is -2.28. The van der Waals surface area contributed by atoms with Gasteiger partial charge in [0.25, 0.3) is 5.91 Å². The summed E-state index contributed by atoms with van der Waals surface area (Å²) in [4.78, 5) is 15.0. The van der Waals surface area contributed by atoms with Gasteiger partial charge in [-0.15, -0.1) is 0 Å². The van der Waals surface area contributed by atoms with Crippen LogP contribution in [0.1, 0.15) is 22.3 Å². The Bertz CT molecular complexity index is 1040. The summed E-state index contributed by atoms with van der Waals surface area (Å²) in [7, 11) is -3.09.